The quantitative estimate of drug-likeness (QED) is 0.559. The van der Waals surface area contributed by atoms with E-state index < -0.39 is 11.9 Å². The minimum atomic E-state index is -0.589. The Bertz CT molecular complexity index is 226. The molecule has 0 aliphatic carbocycles. The molecule has 2 rings (SSSR count). The lowest BCUT2D eigenvalue weighted by Crippen LogP contribution is -2.30. The maximum atomic E-state index is 10.6. The Kier molecular flexibility index (Phi) is 1.94. The van der Waals surface area contributed by atoms with Gasteiger partial charge in [-0.25, -0.2) is 0 Å². The third kappa shape index (κ3) is 1.39. The van der Waals surface area contributed by atoms with Crippen LogP contribution in [0.3, 0.4) is 0 Å². The molecule has 2 saturated heterocycles. The van der Waals surface area contributed by atoms with Gasteiger partial charge in [-0.3, -0.25) is 0 Å². The van der Waals surface area contributed by atoms with Crippen LogP contribution in [0.15, 0.2) is 0 Å². The van der Waals surface area contributed by atoms with E-state index in [2.05, 4.69) is 0 Å². The van der Waals surface area contributed by atoms with E-state index in [0.29, 0.717) is 0 Å². The molecule has 0 aromatic carbocycles. The highest BCUT2D eigenvalue weighted by atomic mass is 16.8. The summed E-state index contributed by atoms with van der Waals surface area (Å²) in [6, 6.07) is 0. The molecule has 0 amide bonds. The minimum absolute atomic E-state index is 0.0676. The number of hydrogen-bond donors (Lipinski definition) is 0. The fraction of sp³-hybridized carbons (Fsp3) is 0.889. The molecular formula is C9H14O4. The first kappa shape index (κ1) is 9.12. The number of rotatable bonds is 1. The lowest BCUT2D eigenvalue weighted by atomic mass is 10.1. The molecule has 74 valence electrons. The van der Waals surface area contributed by atoms with Gasteiger partial charge < -0.3 is 19.0 Å². The second kappa shape index (κ2) is 2.77. The summed E-state index contributed by atoms with van der Waals surface area (Å²) in [5, 5.41) is 0. The van der Waals surface area contributed by atoms with Crippen LogP contribution in [0, 0.1) is 0 Å². The van der Waals surface area contributed by atoms with E-state index >= 15 is 0 Å². The fourth-order valence-electron chi connectivity index (χ4n) is 1.95. The van der Waals surface area contributed by atoms with Crippen LogP contribution >= 0.6 is 0 Å². The zero-order chi connectivity index (χ0) is 9.64. The molecule has 0 unspecified atom stereocenters. The Labute approximate surface area is 77.1 Å². The van der Waals surface area contributed by atoms with E-state index in [9.17, 15) is 4.79 Å². The van der Waals surface area contributed by atoms with Crippen molar-refractivity contribution in [2.45, 2.75) is 51.0 Å². The van der Waals surface area contributed by atoms with Crippen LogP contribution in [0.5, 0.6) is 0 Å². The second-order valence-electron chi connectivity index (χ2n) is 4.01. The SMILES string of the molecule is C[C@H]1O[C@H](C=O)[C@H]2OC(C)(C)O[C@H]21. The van der Waals surface area contributed by atoms with E-state index in [4.69, 9.17) is 14.2 Å². The van der Waals surface area contributed by atoms with Crippen molar-refractivity contribution in [3.05, 3.63) is 0 Å². The molecule has 13 heavy (non-hydrogen) atoms. The first-order valence-electron chi connectivity index (χ1n) is 4.50. The predicted octanol–water partition coefficient (Wildman–Crippen LogP) is 0.493. The van der Waals surface area contributed by atoms with Crippen molar-refractivity contribution in [3.63, 3.8) is 0 Å². The van der Waals surface area contributed by atoms with Crippen LogP contribution in [0.2, 0.25) is 0 Å². The van der Waals surface area contributed by atoms with Gasteiger partial charge in [-0.05, 0) is 20.8 Å². The maximum absolute atomic E-state index is 10.6. The van der Waals surface area contributed by atoms with Crippen LogP contribution in [0.25, 0.3) is 0 Å². The molecule has 2 heterocycles. The number of aldehydes is 1. The van der Waals surface area contributed by atoms with Gasteiger partial charge >= 0.3 is 0 Å². The van der Waals surface area contributed by atoms with Gasteiger partial charge in [0.15, 0.2) is 12.1 Å². The average Bonchev–Trinajstić information content (AvgIpc) is 2.47. The van der Waals surface area contributed by atoms with Gasteiger partial charge in [0, 0.05) is 0 Å². The topological polar surface area (TPSA) is 44.8 Å². The summed E-state index contributed by atoms with van der Waals surface area (Å²) in [5.41, 5.74) is 0. The molecule has 2 fully saturated rings. The molecule has 0 bridgehead atoms. The van der Waals surface area contributed by atoms with E-state index in [0.717, 1.165) is 6.29 Å². The molecule has 2 aliphatic rings. The maximum Gasteiger partial charge on any atom is 0.164 e. The monoisotopic (exact) mass is 186 g/mol. The Balaban J connectivity index is 2.17. The molecule has 0 aromatic heterocycles. The van der Waals surface area contributed by atoms with E-state index in [1.54, 1.807) is 0 Å². The fourth-order valence-corrected chi connectivity index (χ4v) is 1.95. The first-order chi connectivity index (χ1) is 6.03. The number of carbonyl (C=O) groups excluding carboxylic acids is 1. The van der Waals surface area contributed by atoms with E-state index in [-0.39, 0.29) is 18.3 Å². The molecule has 4 atom stereocenters. The summed E-state index contributed by atoms with van der Waals surface area (Å²) in [6.07, 6.45) is -0.0946. The second-order valence-corrected chi connectivity index (χ2v) is 4.01. The van der Waals surface area contributed by atoms with Gasteiger partial charge in [-0.2, -0.15) is 0 Å². The Morgan fingerprint density at radius 1 is 1.23 bits per heavy atom. The van der Waals surface area contributed by atoms with Crippen molar-refractivity contribution in [1.82, 2.24) is 0 Å². The Hall–Kier alpha value is -0.450. The summed E-state index contributed by atoms with van der Waals surface area (Å²) < 4.78 is 16.5. The highest BCUT2D eigenvalue weighted by molar-refractivity contribution is 5.58. The molecule has 0 saturated carbocycles. The highest BCUT2D eigenvalue weighted by Gasteiger charge is 2.53. The van der Waals surface area contributed by atoms with Crippen molar-refractivity contribution in [2.75, 3.05) is 0 Å². The zero-order valence-electron chi connectivity index (χ0n) is 8.02. The lowest BCUT2D eigenvalue weighted by molar-refractivity contribution is -0.183. The van der Waals surface area contributed by atoms with E-state index in [1.807, 2.05) is 20.8 Å². The van der Waals surface area contributed by atoms with Gasteiger partial charge in [0.05, 0.1) is 6.10 Å². The van der Waals surface area contributed by atoms with Crippen LogP contribution in [-0.2, 0) is 19.0 Å². The number of ether oxygens (including phenoxy) is 3. The van der Waals surface area contributed by atoms with Gasteiger partial charge in [-0.1, -0.05) is 0 Å². The Morgan fingerprint density at radius 2 is 1.85 bits per heavy atom. The van der Waals surface area contributed by atoms with Gasteiger partial charge in [0.2, 0.25) is 0 Å². The third-order valence-electron chi connectivity index (χ3n) is 2.46. The zero-order valence-corrected chi connectivity index (χ0v) is 8.02. The highest BCUT2D eigenvalue weighted by Crippen LogP contribution is 2.37. The first-order valence-corrected chi connectivity index (χ1v) is 4.50. The third-order valence-corrected chi connectivity index (χ3v) is 2.46. The summed E-state index contributed by atoms with van der Waals surface area (Å²) in [5.74, 6) is -0.589. The number of fused-ring (bicyclic) bond motifs is 1. The molecular weight excluding hydrogens is 172 g/mol. The summed E-state index contributed by atoms with van der Waals surface area (Å²) in [4.78, 5) is 10.6. The van der Waals surface area contributed by atoms with Crippen molar-refractivity contribution in [3.8, 4) is 0 Å². The van der Waals surface area contributed by atoms with Gasteiger partial charge in [0.25, 0.3) is 0 Å². The molecule has 4 nitrogen and oxygen atoms in total. The normalized spacial score (nSPS) is 47.6. The van der Waals surface area contributed by atoms with Crippen molar-refractivity contribution < 1.29 is 19.0 Å². The van der Waals surface area contributed by atoms with E-state index in [1.165, 1.54) is 0 Å². The summed E-state index contributed by atoms with van der Waals surface area (Å²) in [6.45, 7) is 5.59. The Morgan fingerprint density at radius 3 is 2.46 bits per heavy atom. The van der Waals surface area contributed by atoms with Crippen LogP contribution in [0.4, 0.5) is 0 Å². The standard InChI is InChI=1S/C9H14O4/c1-5-7-8(6(4-10)11-5)13-9(2,3)12-7/h4-8H,1-3H3/t5-,6-,7+,8-/m1/s1. The summed E-state index contributed by atoms with van der Waals surface area (Å²) >= 11 is 0. The lowest BCUT2D eigenvalue weighted by Gasteiger charge is -2.21. The van der Waals surface area contributed by atoms with Crippen molar-refractivity contribution >= 4 is 6.29 Å². The molecule has 0 N–H and O–H groups in total. The van der Waals surface area contributed by atoms with Crippen molar-refractivity contribution in [1.29, 1.82) is 0 Å². The molecule has 0 spiro atoms. The van der Waals surface area contributed by atoms with Crippen LogP contribution in [0.1, 0.15) is 20.8 Å². The largest absolute Gasteiger partial charge is 0.362 e. The predicted molar refractivity (Wildman–Crippen MR) is 44.2 cm³/mol. The van der Waals surface area contributed by atoms with Crippen LogP contribution < -0.4 is 0 Å². The molecule has 2 aliphatic heterocycles. The van der Waals surface area contributed by atoms with Gasteiger partial charge in [-0.15, -0.1) is 0 Å². The number of hydrogen-bond acceptors (Lipinski definition) is 4. The number of carbonyl (C=O) groups is 1. The van der Waals surface area contributed by atoms with Crippen molar-refractivity contribution in [2.24, 2.45) is 0 Å². The molecule has 0 radical (unpaired) electrons. The molecule has 4 heteroatoms. The molecule has 0 aromatic rings. The van der Waals surface area contributed by atoms with Gasteiger partial charge in [0.1, 0.15) is 18.3 Å². The average molecular weight is 186 g/mol. The smallest absolute Gasteiger partial charge is 0.164 e. The van der Waals surface area contributed by atoms with Crippen LogP contribution in [-0.4, -0.2) is 36.5 Å². The summed E-state index contributed by atoms with van der Waals surface area (Å²) in [7, 11) is 0. The minimum Gasteiger partial charge on any atom is -0.362 e.